The van der Waals surface area contributed by atoms with Gasteiger partial charge in [-0.1, -0.05) is 18.2 Å². The molecule has 0 fully saturated rings. The number of hydrogen-bond acceptors (Lipinski definition) is 2. The van der Waals surface area contributed by atoms with E-state index in [1.165, 1.54) is 12.1 Å². The minimum atomic E-state index is -0.851. The summed E-state index contributed by atoms with van der Waals surface area (Å²) in [6.07, 6.45) is 0. The van der Waals surface area contributed by atoms with Gasteiger partial charge >= 0.3 is 0 Å². The lowest BCUT2D eigenvalue weighted by atomic mass is 10.1. The van der Waals surface area contributed by atoms with Crippen LogP contribution in [0.25, 0.3) is 10.9 Å². The number of fused-ring (bicyclic) bond motifs is 1. The Morgan fingerprint density at radius 3 is 2.76 bits per heavy atom. The van der Waals surface area contributed by atoms with E-state index in [-0.39, 0.29) is 5.69 Å². The molecule has 0 unspecified atom stereocenters. The Balaban J connectivity index is 1.82. The molecule has 4 heteroatoms. The SMILES string of the molecule is Cc1ccc2cc(CNc3cccc(F)c3F)ccc2n1. The molecule has 21 heavy (non-hydrogen) atoms. The average Bonchev–Trinajstić information content (AvgIpc) is 2.49. The summed E-state index contributed by atoms with van der Waals surface area (Å²) < 4.78 is 26.7. The van der Waals surface area contributed by atoms with Crippen molar-refractivity contribution >= 4 is 16.6 Å². The monoisotopic (exact) mass is 284 g/mol. The van der Waals surface area contributed by atoms with Crippen molar-refractivity contribution in [3.8, 4) is 0 Å². The number of aryl methyl sites for hydroxylation is 1. The fraction of sp³-hybridized carbons (Fsp3) is 0.118. The molecule has 106 valence electrons. The van der Waals surface area contributed by atoms with Gasteiger partial charge in [0.05, 0.1) is 11.2 Å². The minimum absolute atomic E-state index is 0.164. The second-order valence-electron chi connectivity index (χ2n) is 4.93. The van der Waals surface area contributed by atoms with Gasteiger partial charge in [-0.25, -0.2) is 8.78 Å². The number of rotatable bonds is 3. The van der Waals surface area contributed by atoms with Gasteiger partial charge < -0.3 is 5.32 Å². The quantitative estimate of drug-likeness (QED) is 0.769. The first-order valence-electron chi connectivity index (χ1n) is 6.68. The summed E-state index contributed by atoms with van der Waals surface area (Å²) in [5.41, 5.74) is 3.04. The molecule has 0 aliphatic carbocycles. The van der Waals surface area contributed by atoms with Crippen LogP contribution in [-0.4, -0.2) is 4.98 Å². The van der Waals surface area contributed by atoms with Gasteiger partial charge in [-0.2, -0.15) is 0 Å². The van der Waals surface area contributed by atoms with E-state index < -0.39 is 11.6 Å². The van der Waals surface area contributed by atoms with Gasteiger partial charge in [0, 0.05) is 17.6 Å². The van der Waals surface area contributed by atoms with Crippen LogP contribution in [0.3, 0.4) is 0 Å². The van der Waals surface area contributed by atoms with Gasteiger partial charge in [0.2, 0.25) is 0 Å². The number of halogens is 2. The molecule has 0 saturated carbocycles. The number of aromatic nitrogens is 1. The largest absolute Gasteiger partial charge is 0.379 e. The smallest absolute Gasteiger partial charge is 0.181 e. The van der Waals surface area contributed by atoms with Crippen LogP contribution in [-0.2, 0) is 6.54 Å². The molecule has 0 saturated heterocycles. The van der Waals surface area contributed by atoms with Crippen molar-refractivity contribution in [3.05, 3.63) is 71.4 Å². The molecule has 3 rings (SSSR count). The highest BCUT2D eigenvalue weighted by molar-refractivity contribution is 5.79. The number of nitrogens with one attached hydrogen (secondary N) is 1. The third-order valence-corrected chi connectivity index (χ3v) is 3.33. The lowest BCUT2D eigenvalue weighted by Crippen LogP contribution is -2.02. The number of hydrogen-bond donors (Lipinski definition) is 1. The van der Waals surface area contributed by atoms with E-state index >= 15 is 0 Å². The maximum absolute atomic E-state index is 13.6. The Hall–Kier alpha value is -2.49. The van der Waals surface area contributed by atoms with Crippen molar-refractivity contribution in [2.75, 3.05) is 5.32 Å². The average molecular weight is 284 g/mol. The highest BCUT2D eigenvalue weighted by Crippen LogP contribution is 2.19. The fourth-order valence-electron chi connectivity index (χ4n) is 2.22. The van der Waals surface area contributed by atoms with Crippen LogP contribution < -0.4 is 5.32 Å². The summed E-state index contributed by atoms with van der Waals surface area (Å²) >= 11 is 0. The molecule has 1 aromatic heterocycles. The molecule has 1 heterocycles. The molecule has 2 aromatic carbocycles. The maximum atomic E-state index is 13.6. The Morgan fingerprint density at radius 2 is 1.90 bits per heavy atom. The van der Waals surface area contributed by atoms with Gasteiger partial charge in [0.1, 0.15) is 0 Å². The van der Waals surface area contributed by atoms with Crippen LogP contribution in [0, 0.1) is 18.6 Å². The summed E-state index contributed by atoms with van der Waals surface area (Å²) in [6.45, 7) is 2.37. The molecule has 1 N–H and O–H groups in total. The van der Waals surface area contributed by atoms with Crippen molar-refractivity contribution in [2.24, 2.45) is 0 Å². The van der Waals surface area contributed by atoms with E-state index in [0.29, 0.717) is 6.54 Å². The standard InChI is InChI=1S/C17H14F2N2/c1-11-5-7-13-9-12(6-8-15(13)21-11)10-20-16-4-2-3-14(18)17(16)19/h2-9,20H,10H2,1H3. The first-order chi connectivity index (χ1) is 10.1. The second kappa shape index (κ2) is 5.48. The fourth-order valence-corrected chi connectivity index (χ4v) is 2.22. The number of benzene rings is 2. The number of pyridine rings is 1. The van der Waals surface area contributed by atoms with Crippen molar-refractivity contribution in [2.45, 2.75) is 13.5 Å². The zero-order chi connectivity index (χ0) is 14.8. The predicted octanol–water partition coefficient (Wildman–Crippen LogP) is 4.43. The molecule has 0 spiro atoms. The van der Waals surface area contributed by atoms with Crippen molar-refractivity contribution in [1.29, 1.82) is 0 Å². The summed E-state index contributed by atoms with van der Waals surface area (Å²) in [5.74, 6) is -1.70. The summed E-state index contributed by atoms with van der Waals surface area (Å²) in [4.78, 5) is 4.43. The van der Waals surface area contributed by atoms with E-state index in [2.05, 4.69) is 10.3 Å². The Kier molecular flexibility index (Phi) is 3.52. The lowest BCUT2D eigenvalue weighted by molar-refractivity contribution is 0.511. The van der Waals surface area contributed by atoms with Gasteiger partial charge in [-0.3, -0.25) is 4.98 Å². The molecule has 3 aromatic rings. The molecule has 0 aliphatic heterocycles. The highest BCUT2D eigenvalue weighted by atomic mass is 19.2. The molecule has 0 aliphatic rings. The Labute approximate surface area is 121 Å². The number of nitrogens with zero attached hydrogens (tertiary/aromatic N) is 1. The van der Waals surface area contributed by atoms with Crippen LogP contribution in [0.5, 0.6) is 0 Å². The lowest BCUT2D eigenvalue weighted by Gasteiger charge is -2.09. The topological polar surface area (TPSA) is 24.9 Å². The van der Waals surface area contributed by atoms with Gasteiger partial charge in [-0.15, -0.1) is 0 Å². The summed E-state index contributed by atoms with van der Waals surface area (Å²) in [5, 5.41) is 3.94. The van der Waals surface area contributed by atoms with E-state index in [1.807, 2.05) is 37.3 Å². The predicted molar refractivity (Wildman–Crippen MR) is 80.2 cm³/mol. The van der Waals surface area contributed by atoms with Crippen molar-refractivity contribution < 1.29 is 8.78 Å². The van der Waals surface area contributed by atoms with Crippen LogP contribution in [0.2, 0.25) is 0 Å². The highest BCUT2D eigenvalue weighted by Gasteiger charge is 2.07. The second-order valence-corrected chi connectivity index (χ2v) is 4.93. The van der Waals surface area contributed by atoms with E-state index in [9.17, 15) is 8.78 Å². The molecular formula is C17H14F2N2. The first-order valence-corrected chi connectivity index (χ1v) is 6.68. The minimum Gasteiger partial charge on any atom is -0.379 e. The van der Waals surface area contributed by atoms with Crippen molar-refractivity contribution in [3.63, 3.8) is 0 Å². The molecule has 2 nitrogen and oxygen atoms in total. The van der Waals surface area contributed by atoms with Crippen molar-refractivity contribution in [1.82, 2.24) is 4.98 Å². The molecule has 0 radical (unpaired) electrons. The molecular weight excluding hydrogens is 270 g/mol. The van der Waals surface area contributed by atoms with Crippen LogP contribution in [0.15, 0.2) is 48.5 Å². The molecule has 0 atom stereocenters. The Bertz CT molecular complexity index is 800. The maximum Gasteiger partial charge on any atom is 0.181 e. The molecule has 0 bridgehead atoms. The van der Waals surface area contributed by atoms with Crippen LogP contribution in [0.4, 0.5) is 14.5 Å². The van der Waals surface area contributed by atoms with Crippen LogP contribution >= 0.6 is 0 Å². The number of anilines is 1. The van der Waals surface area contributed by atoms with E-state index in [1.54, 1.807) is 0 Å². The van der Waals surface area contributed by atoms with Crippen LogP contribution in [0.1, 0.15) is 11.3 Å². The third kappa shape index (κ3) is 2.84. The first kappa shape index (κ1) is 13.5. The third-order valence-electron chi connectivity index (χ3n) is 3.33. The van der Waals surface area contributed by atoms with E-state index in [0.717, 1.165) is 28.2 Å². The Morgan fingerprint density at radius 1 is 1.05 bits per heavy atom. The zero-order valence-corrected chi connectivity index (χ0v) is 11.5. The van der Waals surface area contributed by atoms with Gasteiger partial charge in [-0.05, 0) is 42.8 Å². The summed E-state index contributed by atoms with van der Waals surface area (Å²) in [7, 11) is 0. The normalized spacial score (nSPS) is 10.8. The summed E-state index contributed by atoms with van der Waals surface area (Å²) in [6, 6.07) is 13.9. The van der Waals surface area contributed by atoms with E-state index in [4.69, 9.17) is 0 Å². The van der Waals surface area contributed by atoms with Gasteiger partial charge in [0.15, 0.2) is 11.6 Å². The molecule has 0 amide bonds. The zero-order valence-electron chi connectivity index (χ0n) is 11.5. The van der Waals surface area contributed by atoms with Gasteiger partial charge in [0.25, 0.3) is 0 Å².